The lowest BCUT2D eigenvalue weighted by molar-refractivity contribution is 0.362. The third-order valence-electron chi connectivity index (χ3n) is 3.80. The van der Waals surface area contributed by atoms with Gasteiger partial charge in [-0.25, -0.2) is 0 Å². The number of halogens is 1. The zero-order chi connectivity index (χ0) is 12.1. The Morgan fingerprint density at radius 3 is 2.47 bits per heavy atom. The van der Waals surface area contributed by atoms with Crippen molar-refractivity contribution < 1.29 is 0 Å². The Morgan fingerprint density at radius 2 is 1.88 bits per heavy atom. The van der Waals surface area contributed by atoms with Gasteiger partial charge in [0.1, 0.15) is 0 Å². The van der Waals surface area contributed by atoms with E-state index in [4.69, 9.17) is 0 Å². The van der Waals surface area contributed by atoms with Gasteiger partial charge >= 0.3 is 0 Å². The van der Waals surface area contributed by atoms with Gasteiger partial charge in [0.05, 0.1) is 0 Å². The Balaban J connectivity index is 1.98. The van der Waals surface area contributed by atoms with Gasteiger partial charge in [-0.05, 0) is 49.4 Å². The zero-order valence-electron chi connectivity index (χ0n) is 10.6. The lowest BCUT2D eigenvalue weighted by Crippen LogP contribution is -2.36. The van der Waals surface area contributed by atoms with Gasteiger partial charge < -0.3 is 5.32 Å². The molecule has 2 heteroatoms. The fourth-order valence-electron chi connectivity index (χ4n) is 2.90. The molecule has 0 saturated heterocycles. The molecule has 0 aliphatic heterocycles. The Morgan fingerprint density at radius 1 is 1.24 bits per heavy atom. The van der Waals surface area contributed by atoms with Crippen molar-refractivity contribution in [2.24, 2.45) is 5.92 Å². The average Bonchev–Trinajstić information content (AvgIpc) is 2.85. The normalized spacial score (nSPS) is 18.5. The third-order valence-corrected chi connectivity index (χ3v) is 4.33. The maximum Gasteiger partial charge on any atom is 0.0175 e. The summed E-state index contributed by atoms with van der Waals surface area (Å²) in [7, 11) is 0. The summed E-state index contributed by atoms with van der Waals surface area (Å²) < 4.78 is 1.17. The van der Waals surface area contributed by atoms with E-state index in [1.807, 2.05) is 0 Å². The van der Waals surface area contributed by atoms with Gasteiger partial charge in [-0.15, -0.1) is 0 Å². The molecule has 0 heterocycles. The van der Waals surface area contributed by atoms with E-state index < -0.39 is 0 Å². The van der Waals surface area contributed by atoms with Crippen LogP contribution in [-0.2, 0) is 6.42 Å². The summed E-state index contributed by atoms with van der Waals surface area (Å²) in [6.45, 7) is 3.29. The van der Waals surface area contributed by atoms with Gasteiger partial charge in [-0.2, -0.15) is 0 Å². The summed E-state index contributed by atoms with van der Waals surface area (Å²) in [5.74, 6) is 0.888. The van der Waals surface area contributed by atoms with E-state index in [2.05, 4.69) is 52.4 Å². The smallest absolute Gasteiger partial charge is 0.0175 e. The van der Waals surface area contributed by atoms with Crippen LogP contribution >= 0.6 is 15.9 Å². The summed E-state index contributed by atoms with van der Waals surface area (Å²) in [5.41, 5.74) is 1.45. The number of hydrogen-bond donors (Lipinski definition) is 1. The van der Waals surface area contributed by atoms with E-state index in [9.17, 15) is 0 Å². The van der Waals surface area contributed by atoms with Gasteiger partial charge in [-0.3, -0.25) is 0 Å². The highest BCUT2D eigenvalue weighted by Gasteiger charge is 2.24. The zero-order valence-corrected chi connectivity index (χ0v) is 12.2. The molecule has 0 spiro atoms. The fourth-order valence-corrected chi connectivity index (χ4v) is 3.17. The van der Waals surface area contributed by atoms with Crippen LogP contribution in [-0.4, -0.2) is 12.6 Å². The molecular formula is C15H22BrN. The minimum atomic E-state index is 0.670. The topological polar surface area (TPSA) is 12.0 Å². The van der Waals surface area contributed by atoms with Crippen LogP contribution in [0.5, 0.6) is 0 Å². The minimum absolute atomic E-state index is 0.670. The van der Waals surface area contributed by atoms with Crippen molar-refractivity contribution in [2.75, 3.05) is 6.54 Å². The molecule has 0 amide bonds. The Bertz CT molecular complexity index is 327. The van der Waals surface area contributed by atoms with E-state index in [1.165, 1.54) is 42.1 Å². The molecule has 1 atom stereocenters. The summed E-state index contributed by atoms with van der Waals surface area (Å²) in [6.07, 6.45) is 6.84. The molecule has 1 aromatic rings. The highest BCUT2D eigenvalue weighted by Crippen LogP contribution is 2.29. The predicted octanol–water partition coefficient (Wildman–Crippen LogP) is 4.16. The van der Waals surface area contributed by atoms with Gasteiger partial charge in [0.25, 0.3) is 0 Å². The maximum absolute atomic E-state index is 3.68. The molecule has 0 radical (unpaired) electrons. The number of likely N-dealkylation sites (N-methyl/N-ethyl adjacent to an activating group) is 1. The maximum atomic E-state index is 3.68. The van der Waals surface area contributed by atoms with E-state index in [0.717, 1.165) is 12.5 Å². The van der Waals surface area contributed by atoms with Crippen LogP contribution in [0.1, 0.15) is 38.2 Å². The SMILES string of the molecule is CCNC(Cc1ccc(Br)cc1)C1CCCC1. The van der Waals surface area contributed by atoms with Crippen LogP contribution < -0.4 is 5.32 Å². The van der Waals surface area contributed by atoms with Gasteiger partial charge in [0.2, 0.25) is 0 Å². The van der Waals surface area contributed by atoms with Crippen LogP contribution in [0.2, 0.25) is 0 Å². The van der Waals surface area contributed by atoms with Gasteiger partial charge in [0, 0.05) is 10.5 Å². The summed E-state index contributed by atoms with van der Waals surface area (Å²) in [4.78, 5) is 0. The number of nitrogens with one attached hydrogen (secondary N) is 1. The minimum Gasteiger partial charge on any atom is -0.314 e. The molecule has 1 nitrogen and oxygen atoms in total. The van der Waals surface area contributed by atoms with E-state index in [1.54, 1.807) is 0 Å². The lowest BCUT2D eigenvalue weighted by atomic mass is 9.92. The first-order valence-electron chi connectivity index (χ1n) is 6.77. The van der Waals surface area contributed by atoms with E-state index in [0.29, 0.717) is 6.04 Å². The Labute approximate surface area is 113 Å². The van der Waals surface area contributed by atoms with Crippen molar-refractivity contribution in [3.63, 3.8) is 0 Å². The molecule has 1 N–H and O–H groups in total. The van der Waals surface area contributed by atoms with Crippen molar-refractivity contribution in [2.45, 2.75) is 45.1 Å². The Hall–Kier alpha value is -0.340. The molecule has 1 fully saturated rings. The number of benzene rings is 1. The second kappa shape index (κ2) is 6.55. The van der Waals surface area contributed by atoms with Crippen molar-refractivity contribution in [1.29, 1.82) is 0 Å². The molecule has 17 heavy (non-hydrogen) atoms. The van der Waals surface area contributed by atoms with Crippen molar-refractivity contribution >= 4 is 15.9 Å². The molecule has 1 aliphatic rings. The van der Waals surface area contributed by atoms with Crippen LogP contribution in [0.4, 0.5) is 0 Å². The Kier molecular flexibility index (Phi) is 5.05. The van der Waals surface area contributed by atoms with Gasteiger partial charge in [0.15, 0.2) is 0 Å². The van der Waals surface area contributed by atoms with Crippen LogP contribution in [0.3, 0.4) is 0 Å². The van der Waals surface area contributed by atoms with Crippen LogP contribution in [0.25, 0.3) is 0 Å². The molecule has 94 valence electrons. The highest BCUT2D eigenvalue weighted by molar-refractivity contribution is 9.10. The number of rotatable bonds is 5. The summed E-state index contributed by atoms with van der Waals surface area (Å²) in [5, 5.41) is 3.68. The molecule has 1 aromatic carbocycles. The van der Waals surface area contributed by atoms with Crippen molar-refractivity contribution in [1.82, 2.24) is 5.32 Å². The second-order valence-corrected chi connectivity index (χ2v) is 5.95. The van der Waals surface area contributed by atoms with E-state index in [-0.39, 0.29) is 0 Å². The first-order valence-corrected chi connectivity index (χ1v) is 7.56. The molecule has 1 aliphatic carbocycles. The molecule has 0 bridgehead atoms. The predicted molar refractivity (Wildman–Crippen MR) is 77.3 cm³/mol. The summed E-state index contributed by atoms with van der Waals surface area (Å²) in [6, 6.07) is 9.44. The number of hydrogen-bond acceptors (Lipinski definition) is 1. The molecule has 1 saturated carbocycles. The third kappa shape index (κ3) is 3.82. The molecule has 0 aromatic heterocycles. The average molecular weight is 296 g/mol. The first-order chi connectivity index (χ1) is 8.29. The van der Waals surface area contributed by atoms with E-state index >= 15 is 0 Å². The quantitative estimate of drug-likeness (QED) is 0.860. The van der Waals surface area contributed by atoms with Crippen LogP contribution in [0, 0.1) is 5.92 Å². The van der Waals surface area contributed by atoms with Crippen LogP contribution in [0.15, 0.2) is 28.7 Å². The van der Waals surface area contributed by atoms with Crippen molar-refractivity contribution in [3.05, 3.63) is 34.3 Å². The second-order valence-electron chi connectivity index (χ2n) is 5.04. The lowest BCUT2D eigenvalue weighted by Gasteiger charge is -2.24. The standard InChI is InChI=1S/C15H22BrN/c1-2-17-15(13-5-3-4-6-13)11-12-7-9-14(16)10-8-12/h7-10,13,15,17H,2-6,11H2,1H3. The highest BCUT2D eigenvalue weighted by atomic mass is 79.9. The molecule has 1 unspecified atom stereocenters. The van der Waals surface area contributed by atoms with Gasteiger partial charge in [-0.1, -0.05) is 47.8 Å². The summed E-state index contributed by atoms with van der Waals surface area (Å²) >= 11 is 3.49. The molecular weight excluding hydrogens is 274 g/mol. The molecule has 2 rings (SSSR count). The first kappa shape index (κ1) is 13.1. The van der Waals surface area contributed by atoms with Crippen molar-refractivity contribution in [3.8, 4) is 0 Å². The monoisotopic (exact) mass is 295 g/mol. The largest absolute Gasteiger partial charge is 0.314 e. The fraction of sp³-hybridized carbons (Fsp3) is 0.600.